The fourth-order valence-electron chi connectivity index (χ4n) is 3.23. The number of carbonyl (C=O) groups excluding carboxylic acids is 2. The zero-order valence-corrected chi connectivity index (χ0v) is 19.0. The fraction of sp³-hybridized carbons (Fsp3) is 0.167. The molecule has 4 rings (SSSR count). The number of nitrogens with one attached hydrogen (secondary N) is 1. The lowest BCUT2D eigenvalue weighted by molar-refractivity contribution is 0.0472. The van der Waals surface area contributed by atoms with E-state index in [1.54, 1.807) is 36.4 Å². The van der Waals surface area contributed by atoms with Gasteiger partial charge in [0.25, 0.3) is 10.0 Å². The highest BCUT2D eigenvalue weighted by Crippen LogP contribution is 2.33. The van der Waals surface area contributed by atoms with E-state index in [2.05, 4.69) is 9.46 Å². The van der Waals surface area contributed by atoms with Gasteiger partial charge >= 0.3 is 11.9 Å². The molecule has 1 aliphatic heterocycles. The Balaban J connectivity index is 1.48. The summed E-state index contributed by atoms with van der Waals surface area (Å²) in [7, 11) is -2.73. The third kappa shape index (κ3) is 5.12. The van der Waals surface area contributed by atoms with Gasteiger partial charge in [-0.05, 0) is 42.0 Å². The minimum atomic E-state index is -4.02. The van der Waals surface area contributed by atoms with Gasteiger partial charge in [0.05, 0.1) is 28.8 Å². The third-order valence-corrected chi connectivity index (χ3v) is 6.32. The van der Waals surface area contributed by atoms with Crippen molar-refractivity contribution in [1.29, 1.82) is 0 Å². The lowest BCUT2D eigenvalue weighted by Crippen LogP contribution is -2.18. The van der Waals surface area contributed by atoms with Crippen LogP contribution in [0, 0.1) is 0 Å². The van der Waals surface area contributed by atoms with E-state index in [1.165, 1.54) is 37.4 Å². The maximum Gasteiger partial charge on any atom is 0.340 e. The van der Waals surface area contributed by atoms with Gasteiger partial charge in [-0.1, -0.05) is 24.3 Å². The van der Waals surface area contributed by atoms with Gasteiger partial charge in [0, 0.05) is 6.07 Å². The Hall–Kier alpha value is -4.05. The number of ether oxygens (including phenoxy) is 4. The van der Waals surface area contributed by atoms with E-state index in [0.717, 1.165) is 0 Å². The first-order valence-corrected chi connectivity index (χ1v) is 11.7. The zero-order valence-electron chi connectivity index (χ0n) is 18.1. The van der Waals surface area contributed by atoms with Crippen LogP contribution in [0.3, 0.4) is 0 Å². The van der Waals surface area contributed by atoms with Crippen LogP contribution in [-0.4, -0.2) is 40.7 Å². The second kappa shape index (κ2) is 9.84. The van der Waals surface area contributed by atoms with Crippen molar-refractivity contribution in [2.75, 3.05) is 25.0 Å². The maximum atomic E-state index is 13.0. The summed E-state index contributed by atoms with van der Waals surface area (Å²) in [5, 5.41) is 0. The van der Waals surface area contributed by atoms with E-state index in [9.17, 15) is 18.0 Å². The smallest absolute Gasteiger partial charge is 0.340 e. The van der Waals surface area contributed by atoms with Crippen LogP contribution in [0.15, 0.2) is 71.6 Å². The average Bonchev–Trinajstić information content (AvgIpc) is 2.87. The number of methoxy groups -OCH3 is 1. The lowest BCUT2D eigenvalue weighted by atomic mass is 10.1. The highest BCUT2D eigenvalue weighted by atomic mass is 32.2. The van der Waals surface area contributed by atoms with Crippen LogP contribution in [-0.2, 0) is 26.1 Å². The van der Waals surface area contributed by atoms with E-state index < -0.39 is 22.0 Å². The molecule has 0 saturated carbocycles. The largest absolute Gasteiger partial charge is 0.486 e. The number of benzene rings is 3. The van der Waals surface area contributed by atoms with Gasteiger partial charge < -0.3 is 18.9 Å². The van der Waals surface area contributed by atoms with Crippen LogP contribution >= 0.6 is 0 Å². The predicted octanol–water partition coefficient (Wildman–Crippen LogP) is 3.40. The van der Waals surface area contributed by atoms with Gasteiger partial charge in [0.1, 0.15) is 19.8 Å². The van der Waals surface area contributed by atoms with Gasteiger partial charge in [0.15, 0.2) is 11.5 Å². The average molecular weight is 483 g/mol. The van der Waals surface area contributed by atoms with Crippen molar-refractivity contribution in [1.82, 2.24) is 0 Å². The SMILES string of the molecule is COC(=O)c1ccc(COC(=O)c2ccccc2NS(=O)(=O)c2ccc3c(c2)OCCO3)cc1. The molecule has 0 fully saturated rings. The van der Waals surface area contributed by atoms with Crippen molar-refractivity contribution in [2.24, 2.45) is 0 Å². The van der Waals surface area contributed by atoms with Crippen LogP contribution in [0.4, 0.5) is 5.69 Å². The van der Waals surface area contributed by atoms with Crippen LogP contribution < -0.4 is 14.2 Å². The number of hydrogen-bond acceptors (Lipinski definition) is 8. The maximum absolute atomic E-state index is 13.0. The van der Waals surface area contributed by atoms with E-state index in [-0.39, 0.29) is 22.8 Å². The standard InChI is InChI=1S/C24H21NO8S/c1-30-23(26)17-8-6-16(7-9-17)15-33-24(27)19-4-2-3-5-20(19)25-34(28,29)18-10-11-21-22(14-18)32-13-12-31-21/h2-11,14,25H,12-13,15H2,1H3. The molecular formula is C24H21NO8S. The second-order valence-corrected chi connectivity index (χ2v) is 8.90. The molecule has 10 heteroatoms. The monoisotopic (exact) mass is 483 g/mol. The third-order valence-electron chi connectivity index (χ3n) is 4.96. The van der Waals surface area contributed by atoms with Crippen LogP contribution in [0.5, 0.6) is 11.5 Å². The molecule has 1 N–H and O–H groups in total. The molecule has 3 aromatic carbocycles. The molecule has 0 radical (unpaired) electrons. The van der Waals surface area contributed by atoms with E-state index in [0.29, 0.717) is 35.8 Å². The normalized spacial score (nSPS) is 12.5. The van der Waals surface area contributed by atoms with Gasteiger partial charge in [0.2, 0.25) is 0 Å². The predicted molar refractivity (Wildman–Crippen MR) is 122 cm³/mol. The summed E-state index contributed by atoms with van der Waals surface area (Å²) in [5.41, 5.74) is 1.14. The number of esters is 2. The van der Waals surface area contributed by atoms with Crippen molar-refractivity contribution in [2.45, 2.75) is 11.5 Å². The summed E-state index contributed by atoms with van der Waals surface area (Å²) in [4.78, 5) is 24.2. The molecule has 0 aromatic heterocycles. The first-order chi connectivity index (χ1) is 16.4. The molecule has 0 unspecified atom stereocenters. The Morgan fingerprint density at radius 2 is 1.62 bits per heavy atom. The van der Waals surface area contributed by atoms with E-state index in [4.69, 9.17) is 14.2 Å². The highest BCUT2D eigenvalue weighted by Gasteiger charge is 2.22. The Morgan fingerprint density at radius 3 is 2.35 bits per heavy atom. The van der Waals surface area contributed by atoms with Crippen molar-refractivity contribution < 1.29 is 37.0 Å². The number of anilines is 1. The Labute approximate surface area is 196 Å². The summed E-state index contributed by atoms with van der Waals surface area (Å²) in [5.74, 6) is -0.380. The van der Waals surface area contributed by atoms with Gasteiger partial charge in [-0.3, -0.25) is 4.72 Å². The second-order valence-electron chi connectivity index (χ2n) is 7.22. The molecule has 0 aliphatic carbocycles. The number of rotatable bonds is 7. The summed E-state index contributed by atoms with van der Waals surface area (Å²) < 4.78 is 49.2. The number of carbonyl (C=O) groups is 2. The van der Waals surface area contributed by atoms with Crippen LogP contribution in [0.1, 0.15) is 26.3 Å². The van der Waals surface area contributed by atoms with Crippen LogP contribution in [0.2, 0.25) is 0 Å². The Morgan fingerprint density at radius 1 is 0.912 bits per heavy atom. The molecule has 0 atom stereocenters. The molecule has 0 spiro atoms. The number of sulfonamides is 1. The molecule has 0 amide bonds. The summed E-state index contributed by atoms with van der Waals surface area (Å²) in [6.07, 6.45) is 0. The Kier molecular flexibility index (Phi) is 6.69. The van der Waals surface area contributed by atoms with Crippen molar-refractivity contribution in [3.63, 3.8) is 0 Å². The minimum Gasteiger partial charge on any atom is -0.486 e. The molecule has 1 aliphatic rings. The molecule has 0 bridgehead atoms. The van der Waals surface area contributed by atoms with Gasteiger partial charge in [-0.25, -0.2) is 18.0 Å². The summed E-state index contributed by atoms with van der Waals surface area (Å²) in [6.45, 7) is 0.649. The first-order valence-electron chi connectivity index (χ1n) is 10.2. The topological polar surface area (TPSA) is 117 Å². The zero-order chi connectivity index (χ0) is 24.1. The van der Waals surface area contributed by atoms with Crippen molar-refractivity contribution in [3.05, 3.63) is 83.4 Å². The van der Waals surface area contributed by atoms with Crippen molar-refractivity contribution in [3.8, 4) is 11.5 Å². The first kappa shape index (κ1) is 23.1. The van der Waals surface area contributed by atoms with E-state index in [1.807, 2.05) is 0 Å². The Bertz CT molecular complexity index is 1320. The quantitative estimate of drug-likeness (QED) is 0.508. The highest BCUT2D eigenvalue weighted by molar-refractivity contribution is 7.92. The van der Waals surface area contributed by atoms with Gasteiger partial charge in [-0.2, -0.15) is 0 Å². The molecular weight excluding hydrogens is 462 g/mol. The molecule has 176 valence electrons. The van der Waals surface area contributed by atoms with E-state index >= 15 is 0 Å². The molecule has 0 saturated heterocycles. The number of fused-ring (bicyclic) bond motifs is 1. The minimum absolute atomic E-state index is 0.0365. The van der Waals surface area contributed by atoms with Crippen molar-refractivity contribution >= 4 is 27.6 Å². The molecule has 3 aromatic rings. The fourth-order valence-corrected chi connectivity index (χ4v) is 4.32. The lowest BCUT2D eigenvalue weighted by Gasteiger charge is -2.19. The number of para-hydroxylation sites is 1. The van der Waals surface area contributed by atoms with Gasteiger partial charge in [-0.15, -0.1) is 0 Å². The summed E-state index contributed by atoms with van der Waals surface area (Å²) in [6, 6.07) is 16.8. The number of hydrogen-bond donors (Lipinski definition) is 1. The molecule has 1 heterocycles. The molecule has 34 heavy (non-hydrogen) atoms. The van der Waals surface area contributed by atoms with Crippen LogP contribution in [0.25, 0.3) is 0 Å². The summed E-state index contributed by atoms with van der Waals surface area (Å²) >= 11 is 0. The molecule has 9 nitrogen and oxygen atoms in total.